The summed E-state index contributed by atoms with van der Waals surface area (Å²) in [5.41, 5.74) is 1.52. The Morgan fingerprint density at radius 3 is 2.50 bits per heavy atom. The Morgan fingerprint density at radius 1 is 1.38 bits per heavy atom. The summed E-state index contributed by atoms with van der Waals surface area (Å²) in [5.74, 6) is 0.304. The van der Waals surface area contributed by atoms with E-state index in [2.05, 4.69) is 29.8 Å². The van der Waals surface area contributed by atoms with Crippen LogP contribution in [-0.2, 0) is 0 Å². The van der Waals surface area contributed by atoms with Crippen LogP contribution in [0.4, 0.5) is 0 Å². The molecular weight excluding hydrogens is 311 g/mol. The van der Waals surface area contributed by atoms with E-state index in [1.165, 1.54) is 0 Å². The third-order valence-electron chi connectivity index (χ3n) is 2.65. The number of rotatable bonds is 4. The molecule has 0 saturated carbocycles. The maximum atomic E-state index is 11.6. The molecule has 16 heavy (non-hydrogen) atoms. The van der Waals surface area contributed by atoms with Crippen molar-refractivity contribution in [3.05, 3.63) is 33.3 Å². The Bertz CT molecular complexity index is 404. The monoisotopic (exact) mass is 322 g/mol. The lowest BCUT2D eigenvalue weighted by molar-refractivity contribution is 0.102. The highest BCUT2D eigenvalue weighted by molar-refractivity contribution is 9.09. The van der Waals surface area contributed by atoms with E-state index >= 15 is 0 Å². The molecule has 88 valence electrons. The van der Waals surface area contributed by atoms with Crippen LogP contribution in [0.3, 0.4) is 0 Å². The third kappa shape index (κ3) is 2.99. The molecule has 0 fully saturated rings. The summed E-state index contributed by atoms with van der Waals surface area (Å²) >= 11 is 15.3. The number of Topliss-reactive ketones (excluding diaryl/α,β-unsaturated/α-hetero) is 1. The molecule has 0 N–H and O–H groups in total. The Labute approximate surface area is 114 Å². The molecule has 0 aliphatic rings. The molecule has 1 aromatic rings. The second kappa shape index (κ2) is 6.04. The van der Waals surface area contributed by atoms with Gasteiger partial charge in [0.25, 0.3) is 0 Å². The first-order valence-corrected chi connectivity index (χ1v) is 6.97. The van der Waals surface area contributed by atoms with Crippen molar-refractivity contribution in [1.82, 2.24) is 0 Å². The highest BCUT2D eigenvalue weighted by Crippen LogP contribution is 2.32. The zero-order chi connectivity index (χ0) is 12.3. The molecule has 0 aliphatic carbocycles. The van der Waals surface area contributed by atoms with Gasteiger partial charge in [0, 0.05) is 10.6 Å². The molecule has 0 spiro atoms. The van der Waals surface area contributed by atoms with Crippen molar-refractivity contribution in [2.75, 3.05) is 5.33 Å². The van der Waals surface area contributed by atoms with Crippen molar-refractivity contribution in [3.8, 4) is 0 Å². The van der Waals surface area contributed by atoms with Crippen LogP contribution in [0.5, 0.6) is 0 Å². The summed E-state index contributed by atoms with van der Waals surface area (Å²) in [6.45, 7) is 4.17. The van der Waals surface area contributed by atoms with E-state index in [0.717, 1.165) is 12.0 Å². The molecular formula is C12H13BrCl2O. The minimum Gasteiger partial charge on any atom is -0.293 e. The van der Waals surface area contributed by atoms with Gasteiger partial charge < -0.3 is 0 Å². The molecule has 0 heterocycles. The molecule has 0 bridgehead atoms. The standard InChI is InChI=1S/C12H13BrCl2O/c1-3-7(2)8-4-9(12(16)6-13)11(15)5-10(8)14/h4-5,7H,3,6H2,1-2H3. The summed E-state index contributed by atoms with van der Waals surface area (Å²) in [5, 5.41) is 1.32. The van der Waals surface area contributed by atoms with E-state index in [1.54, 1.807) is 6.07 Å². The van der Waals surface area contributed by atoms with Crippen LogP contribution >= 0.6 is 39.1 Å². The quantitative estimate of drug-likeness (QED) is 0.557. The number of alkyl halides is 1. The predicted octanol–water partition coefficient (Wildman–Crippen LogP) is 5.08. The van der Waals surface area contributed by atoms with Crippen LogP contribution < -0.4 is 0 Å². The highest BCUT2D eigenvalue weighted by atomic mass is 79.9. The fourth-order valence-electron chi connectivity index (χ4n) is 1.45. The van der Waals surface area contributed by atoms with Crippen molar-refractivity contribution < 1.29 is 4.79 Å². The summed E-state index contributed by atoms with van der Waals surface area (Å²) in [7, 11) is 0. The van der Waals surface area contributed by atoms with Gasteiger partial charge in [0.15, 0.2) is 5.78 Å². The van der Waals surface area contributed by atoms with Gasteiger partial charge in [-0.1, -0.05) is 53.0 Å². The summed E-state index contributed by atoms with van der Waals surface area (Å²) in [4.78, 5) is 11.6. The van der Waals surface area contributed by atoms with Gasteiger partial charge in [-0.2, -0.15) is 0 Å². The summed E-state index contributed by atoms with van der Waals surface area (Å²) < 4.78 is 0. The second-order valence-electron chi connectivity index (χ2n) is 3.72. The van der Waals surface area contributed by atoms with Crippen LogP contribution in [0.15, 0.2) is 12.1 Å². The van der Waals surface area contributed by atoms with Crippen molar-refractivity contribution in [1.29, 1.82) is 0 Å². The van der Waals surface area contributed by atoms with Gasteiger partial charge in [0.1, 0.15) is 0 Å². The number of carbonyl (C=O) groups is 1. The van der Waals surface area contributed by atoms with Gasteiger partial charge >= 0.3 is 0 Å². The van der Waals surface area contributed by atoms with E-state index in [9.17, 15) is 4.79 Å². The van der Waals surface area contributed by atoms with Crippen LogP contribution in [0.25, 0.3) is 0 Å². The van der Waals surface area contributed by atoms with Gasteiger partial charge in [-0.25, -0.2) is 0 Å². The first-order chi connectivity index (χ1) is 7.51. The molecule has 0 aliphatic heterocycles. The molecule has 0 saturated heterocycles. The molecule has 1 nitrogen and oxygen atoms in total. The fraction of sp³-hybridized carbons (Fsp3) is 0.417. The minimum absolute atomic E-state index is 0.0220. The van der Waals surface area contributed by atoms with Crippen molar-refractivity contribution in [2.24, 2.45) is 0 Å². The second-order valence-corrected chi connectivity index (χ2v) is 5.09. The van der Waals surface area contributed by atoms with Crippen molar-refractivity contribution in [3.63, 3.8) is 0 Å². The highest BCUT2D eigenvalue weighted by Gasteiger charge is 2.15. The molecule has 1 atom stereocenters. The Morgan fingerprint density at radius 2 is 2.00 bits per heavy atom. The lowest BCUT2D eigenvalue weighted by Gasteiger charge is -2.13. The number of hydrogen-bond acceptors (Lipinski definition) is 1. The van der Waals surface area contributed by atoms with Gasteiger partial charge in [-0.15, -0.1) is 0 Å². The zero-order valence-electron chi connectivity index (χ0n) is 9.19. The number of carbonyl (C=O) groups excluding carboxylic acids is 1. The van der Waals surface area contributed by atoms with E-state index < -0.39 is 0 Å². The largest absolute Gasteiger partial charge is 0.293 e. The van der Waals surface area contributed by atoms with Crippen LogP contribution in [0, 0.1) is 0 Å². The van der Waals surface area contributed by atoms with Gasteiger partial charge in [0.2, 0.25) is 0 Å². The number of benzene rings is 1. The predicted molar refractivity (Wildman–Crippen MR) is 73.3 cm³/mol. The first-order valence-electron chi connectivity index (χ1n) is 5.09. The molecule has 0 aromatic heterocycles. The van der Waals surface area contributed by atoms with Gasteiger partial charge in [-0.3, -0.25) is 4.79 Å². The van der Waals surface area contributed by atoms with Crippen LogP contribution in [0.2, 0.25) is 10.0 Å². The SMILES string of the molecule is CCC(C)c1cc(C(=O)CBr)c(Cl)cc1Cl. The Hall–Kier alpha value is -0.0500. The minimum atomic E-state index is -0.0220. The third-order valence-corrected chi connectivity index (χ3v) is 3.80. The maximum absolute atomic E-state index is 11.6. The van der Waals surface area contributed by atoms with Crippen LogP contribution in [0.1, 0.15) is 42.1 Å². The van der Waals surface area contributed by atoms with Gasteiger partial charge in [0.05, 0.1) is 10.4 Å². The van der Waals surface area contributed by atoms with E-state index in [-0.39, 0.29) is 11.1 Å². The first kappa shape index (κ1) is 14.0. The summed E-state index contributed by atoms with van der Waals surface area (Å²) in [6, 6.07) is 3.46. The molecule has 1 rings (SSSR count). The molecule has 1 aromatic carbocycles. The lowest BCUT2D eigenvalue weighted by Crippen LogP contribution is -2.04. The van der Waals surface area contributed by atoms with Crippen LogP contribution in [-0.4, -0.2) is 11.1 Å². The maximum Gasteiger partial charge on any atom is 0.174 e. The zero-order valence-corrected chi connectivity index (χ0v) is 12.3. The Kier molecular flexibility index (Phi) is 5.29. The molecule has 0 radical (unpaired) electrons. The smallest absolute Gasteiger partial charge is 0.174 e. The van der Waals surface area contributed by atoms with Crippen molar-refractivity contribution in [2.45, 2.75) is 26.2 Å². The number of hydrogen-bond donors (Lipinski definition) is 0. The Balaban J connectivity index is 3.26. The molecule has 4 heteroatoms. The van der Waals surface area contributed by atoms with E-state index in [4.69, 9.17) is 23.2 Å². The molecule has 0 amide bonds. The molecule has 1 unspecified atom stereocenters. The summed E-state index contributed by atoms with van der Waals surface area (Å²) in [6.07, 6.45) is 0.975. The van der Waals surface area contributed by atoms with Crippen molar-refractivity contribution >= 4 is 44.9 Å². The topological polar surface area (TPSA) is 17.1 Å². The average Bonchev–Trinajstić information content (AvgIpc) is 2.27. The van der Waals surface area contributed by atoms with E-state index in [1.807, 2.05) is 6.07 Å². The number of halogens is 3. The number of ketones is 1. The lowest BCUT2D eigenvalue weighted by atomic mass is 9.96. The van der Waals surface area contributed by atoms with E-state index in [0.29, 0.717) is 21.5 Å². The fourth-order valence-corrected chi connectivity index (χ4v) is 2.43. The van der Waals surface area contributed by atoms with Gasteiger partial charge in [-0.05, 0) is 30.0 Å². The average molecular weight is 324 g/mol. The normalized spacial score (nSPS) is 12.6.